The van der Waals surface area contributed by atoms with Crippen molar-refractivity contribution in [3.05, 3.63) is 193 Å². The molecule has 10 aromatic rings. The summed E-state index contributed by atoms with van der Waals surface area (Å²) >= 11 is 0. The molecule has 5 nitrogen and oxygen atoms in total. The van der Waals surface area contributed by atoms with Gasteiger partial charge in [-0.15, -0.1) is 0 Å². The normalized spacial score (nSPS) is 16.8. The van der Waals surface area contributed by atoms with Gasteiger partial charge < -0.3 is 4.74 Å². The second-order valence-electron chi connectivity index (χ2n) is 18.6. The maximum atomic E-state index is 9.06. The Hall–Kier alpha value is -7.02. The second-order valence-corrected chi connectivity index (χ2v) is 23.2. The number of nitrogens with zero attached hydrogens (tertiary/aromatic N) is 4. The molecule has 0 amide bonds. The van der Waals surface area contributed by atoms with Crippen LogP contribution in [-0.4, -0.2) is 22.2 Å². The molecular formula is C59H52N4OSi. The fourth-order valence-corrected chi connectivity index (χ4v) is 16.2. The highest BCUT2D eigenvalue weighted by Gasteiger charge is 2.41. The molecule has 0 aliphatic carbocycles. The summed E-state index contributed by atoms with van der Waals surface area (Å²) in [5, 5.41) is 3.99. The molecule has 3 aromatic heterocycles. The Kier molecular flexibility index (Phi) is 7.24. The molecule has 0 radical (unpaired) electrons. The summed E-state index contributed by atoms with van der Waals surface area (Å²) in [5.74, 6) is 2.05. The van der Waals surface area contributed by atoms with Gasteiger partial charge in [-0.1, -0.05) is 172 Å². The van der Waals surface area contributed by atoms with E-state index in [0.717, 1.165) is 23.1 Å². The van der Waals surface area contributed by atoms with E-state index in [0.29, 0.717) is 28.2 Å². The highest BCUT2D eigenvalue weighted by Crippen LogP contribution is 2.42. The zero-order valence-corrected chi connectivity index (χ0v) is 37.6. The van der Waals surface area contributed by atoms with Crippen molar-refractivity contribution in [2.24, 2.45) is 0 Å². The fraction of sp³-hybridized carbons (Fsp3) is 0.186. The molecular weight excluding hydrogens is 809 g/mol. The first-order chi connectivity index (χ1) is 36.0. The second kappa shape index (κ2) is 15.6. The number of benzene rings is 7. The topological polar surface area (TPSA) is 35.9 Å². The number of aromatic nitrogens is 4. The van der Waals surface area contributed by atoms with Crippen LogP contribution in [0.5, 0.6) is 11.5 Å². The van der Waals surface area contributed by atoms with Gasteiger partial charge in [-0.25, -0.2) is 4.98 Å². The van der Waals surface area contributed by atoms with Crippen LogP contribution in [-0.2, 0) is 11.8 Å². The Morgan fingerprint density at radius 2 is 1.35 bits per heavy atom. The first-order valence-electron chi connectivity index (χ1n) is 27.6. The van der Waals surface area contributed by atoms with Gasteiger partial charge in [-0.3, -0.25) is 13.7 Å². The van der Waals surface area contributed by atoms with Crippen molar-refractivity contribution >= 4 is 46.1 Å². The molecule has 0 saturated carbocycles. The molecule has 0 N–H and O–H groups in total. The zero-order chi connectivity index (χ0) is 52.4. The molecule has 6 heteroatoms. The number of para-hydroxylation sites is 3. The summed E-state index contributed by atoms with van der Waals surface area (Å²) in [5.41, 5.74) is 7.01. The molecule has 12 rings (SSSR count). The van der Waals surface area contributed by atoms with Gasteiger partial charge in [0.2, 0.25) is 0 Å². The SMILES string of the molecule is [2H]c1c([2H])c([2H])c(-c2cccc(-c3c([2H])c([2H])c([2H])c([2H])c3[2H])c2-[n+]2[c-]n(-c3cccc(Oc4ccc5c6cc7c(cc6n(-c6cc(C(C)(C)C)ccn6)c5c4)[Si]4(CCCC4)CCC7)c3)c3ccccc32)c([2H])c1[2H]. The number of fused-ring (bicyclic) bond motifs is 6. The Bertz CT molecular complexity index is 3900. The van der Waals surface area contributed by atoms with Gasteiger partial charge in [0.15, 0.2) is 0 Å². The van der Waals surface area contributed by atoms with Crippen molar-refractivity contribution in [3.8, 4) is 50.9 Å². The van der Waals surface area contributed by atoms with Gasteiger partial charge in [0, 0.05) is 23.0 Å². The molecule has 65 heavy (non-hydrogen) atoms. The lowest BCUT2D eigenvalue weighted by atomic mass is 9.88. The number of aryl methyl sites for hydroxylation is 1. The maximum absolute atomic E-state index is 9.06. The molecule has 2 aliphatic rings. The third kappa shape index (κ3) is 6.81. The van der Waals surface area contributed by atoms with Crippen LogP contribution < -0.4 is 14.5 Å². The van der Waals surface area contributed by atoms with Crippen molar-refractivity contribution in [2.45, 2.75) is 70.0 Å². The van der Waals surface area contributed by atoms with Crippen molar-refractivity contribution in [3.63, 3.8) is 0 Å². The van der Waals surface area contributed by atoms with Gasteiger partial charge >= 0.3 is 0 Å². The Labute approximate surface area is 396 Å². The van der Waals surface area contributed by atoms with E-state index < -0.39 is 68.5 Å². The molecule has 0 bridgehead atoms. The minimum absolute atomic E-state index is 0.0855. The van der Waals surface area contributed by atoms with E-state index in [2.05, 4.69) is 68.1 Å². The van der Waals surface area contributed by atoms with Gasteiger partial charge in [0.05, 0.1) is 55.2 Å². The molecule has 318 valence electrons. The van der Waals surface area contributed by atoms with E-state index in [4.69, 9.17) is 23.4 Å². The number of hydrogen-bond donors (Lipinski definition) is 0. The molecule has 5 heterocycles. The molecule has 1 spiro atoms. The van der Waals surface area contributed by atoms with Crippen LogP contribution in [0.25, 0.3) is 72.3 Å². The third-order valence-corrected chi connectivity index (χ3v) is 19.3. The summed E-state index contributed by atoms with van der Waals surface area (Å²) in [6, 6.07) is 34.5. The molecule has 7 aromatic carbocycles. The van der Waals surface area contributed by atoms with Gasteiger partial charge in [-0.2, -0.15) is 0 Å². The summed E-state index contributed by atoms with van der Waals surface area (Å²) < 4.78 is 100. The van der Waals surface area contributed by atoms with Crippen LogP contribution in [0.4, 0.5) is 0 Å². The van der Waals surface area contributed by atoms with Crippen LogP contribution in [0.2, 0.25) is 18.1 Å². The highest BCUT2D eigenvalue weighted by molar-refractivity contribution is 6.93. The lowest BCUT2D eigenvalue weighted by Crippen LogP contribution is -2.49. The Morgan fingerprint density at radius 1 is 0.662 bits per heavy atom. The monoisotopic (exact) mass is 870 g/mol. The Balaban J connectivity index is 1.02. The number of imidazole rings is 1. The molecule has 1 saturated heterocycles. The van der Waals surface area contributed by atoms with Crippen LogP contribution in [0.3, 0.4) is 0 Å². The third-order valence-electron chi connectivity index (χ3n) is 13.7. The first kappa shape index (κ1) is 30.2. The van der Waals surface area contributed by atoms with E-state index in [1.807, 2.05) is 65.4 Å². The lowest BCUT2D eigenvalue weighted by molar-refractivity contribution is -0.571. The zero-order valence-electron chi connectivity index (χ0n) is 46.6. The van der Waals surface area contributed by atoms with Crippen molar-refractivity contribution in [1.29, 1.82) is 0 Å². The minimum Gasteiger partial charge on any atom is -0.458 e. The van der Waals surface area contributed by atoms with E-state index in [-0.39, 0.29) is 33.4 Å². The van der Waals surface area contributed by atoms with Crippen molar-refractivity contribution in [2.75, 3.05) is 0 Å². The number of ether oxygens (including phenoxy) is 1. The lowest BCUT2D eigenvalue weighted by Gasteiger charge is -2.34. The first-order valence-corrected chi connectivity index (χ1v) is 25.2. The summed E-state index contributed by atoms with van der Waals surface area (Å²) in [4.78, 5) is 5.03. The molecule has 2 aliphatic heterocycles. The van der Waals surface area contributed by atoms with E-state index in [9.17, 15) is 0 Å². The highest BCUT2D eigenvalue weighted by atomic mass is 28.3. The van der Waals surface area contributed by atoms with Gasteiger partial charge in [0.1, 0.15) is 17.3 Å². The number of rotatable bonds is 7. The van der Waals surface area contributed by atoms with Crippen LogP contribution >= 0.6 is 0 Å². The molecule has 0 unspecified atom stereocenters. The van der Waals surface area contributed by atoms with E-state index in [1.54, 1.807) is 28.0 Å². The van der Waals surface area contributed by atoms with Gasteiger partial charge in [0.25, 0.3) is 6.33 Å². The molecule has 0 atom stereocenters. The van der Waals surface area contributed by atoms with Crippen molar-refractivity contribution in [1.82, 2.24) is 14.1 Å². The average molecular weight is 871 g/mol. The average Bonchev–Trinajstić information content (AvgIpc) is 4.19. The standard InChI is InChI=1S/C59H52N4OSi/c1-59(2,3)44-30-31-60-57(36-44)63-54-38-47(28-29-50(54)51-35-43-21-16-34-65(32-12-13-33-65)56(43)39-55(51)63)64-46-23-14-22-45(37-46)61-40-62(53-27-11-10-26-52(53)61)58-48(41-17-6-4-7-18-41)24-15-25-49(58)42-19-8-5-9-20-42/h4-11,14-15,17-20,22-31,35-39H,12-13,16,21,32-34H2,1-3H3/i4D,5D,6D,7D,8D,9D,17D,18D,19D,20D. The van der Waals surface area contributed by atoms with Crippen molar-refractivity contribution < 1.29 is 23.0 Å². The number of pyridine rings is 1. The Morgan fingerprint density at radius 3 is 2.11 bits per heavy atom. The number of hydrogen-bond acceptors (Lipinski definition) is 2. The predicted molar refractivity (Wildman–Crippen MR) is 269 cm³/mol. The van der Waals surface area contributed by atoms with Crippen LogP contribution in [0.1, 0.15) is 64.9 Å². The van der Waals surface area contributed by atoms with Crippen LogP contribution in [0, 0.1) is 6.33 Å². The van der Waals surface area contributed by atoms with E-state index >= 15 is 0 Å². The summed E-state index contributed by atoms with van der Waals surface area (Å²) in [6.45, 7) is 6.68. The predicted octanol–water partition coefficient (Wildman–Crippen LogP) is 14.0. The molecule has 1 fully saturated rings. The van der Waals surface area contributed by atoms with E-state index in [1.165, 1.54) is 59.4 Å². The van der Waals surface area contributed by atoms with Gasteiger partial charge in [-0.05, 0) is 99.8 Å². The summed E-state index contributed by atoms with van der Waals surface area (Å²) in [7, 11) is -1.59. The van der Waals surface area contributed by atoms with Crippen LogP contribution in [0.15, 0.2) is 176 Å². The maximum Gasteiger partial charge on any atom is 0.269 e. The minimum atomic E-state index is -1.59. The summed E-state index contributed by atoms with van der Waals surface area (Å²) in [6.07, 6.45) is 10.4. The quantitative estimate of drug-likeness (QED) is 0.0909. The fourth-order valence-electron chi connectivity index (χ4n) is 10.6. The largest absolute Gasteiger partial charge is 0.458 e. The smallest absolute Gasteiger partial charge is 0.269 e.